The van der Waals surface area contributed by atoms with Crippen molar-refractivity contribution >= 4 is 0 Å². The molecule has 0 aromatic heterocycles. The summed E-state index contributed by atoms with van der Waals surface area (Å²) < 4.78 is 35.8. The van der Waals surface area contributed by atoms with Gasteiger partial charge in [-0.05, 0) is 19.9 Å². The summed E-state index contributed by atoms with van der Waals surface area (Å²) in [6.45, 7) is 4.42. The van der Waals surface area contributed by atoms with Crippen LogP contribution in [0.15, 0.2) is 0 Å². The van der Waals surface area contributed by atoms with E-state index in [0.717, 1.165) is 12.8 Å². The maximum atomic E-state index is 11.9. The molecule has 1 atom stereocenters. The average Bonchev–Trinajstić information content (AvgIpc) is 2.08. The van der Waals surface area contributed by atoms with E-state index in [0.29, 0.717) is 6.54 Å². The van der Waals surface area contributed by atoms with Crippen molar-refractivity contribution in [3.63, 3.8) is 0 Å². The molecular formula is C11H22F3N. The molecule has 0 fully saturated rings. The maximum Gasteiger partial charge on any atom is 0.390 e. The van der Waals surface area contributed by atoms with Crippen molar-refractivity contribution in [2.75, 3.05) is 6.54 Å². The fourth-order valence-electron chi connectivity index (χ4n) is 1.50. The fraction of sp³-hybridized carbons (Fsp3) is 1.00. The molecule has 0 aromatic rings. The Morgan fingerprint density at radius 1 is 1.07 bits per heavy atom. The van der Waals surface area contributed by atoms with Gasteiger partial charge >= 0.3 is 6.18 Å². The lowest BCUT2D eigenvalue weighted by molar-refractivity contribution is -0.139. The van der Waals surface area contributed by atoms with Crippen LogP contribution in [-0.4, -0.2) is 18.8 Å². The number of unbranched alkanes of at least 4 members (excludes halogenated alkanes) is 4. The topological polar surface area (TPSA) is 12.0 Å². The second-order valence-electron chi connectivity index (χ2n) is 4.09. The lowest BCUT2D eigenvalue weighted by atomic mass is 10.1. The summed E-state index contributed by atoms with van der Waals surface area (Å²) >= 11 is 0. The lowest BCUT2D eigenvalue weighted by Gasteiger charge is -2.15. The largest absolute Gasteiger partial charge is 0.390 e. The van der Waals surface area contributed by atoms with E-state index in [2.05, 4.69) is 12.2 Å². The molecule has 0 saturated carbocycles. The monoisotopic (exact) mass is 225 g/mol. The van der Waals surface area contributed by atoms with Gasteiger partial charge in [0.05, 0.1) is 6.42 Å². The molecule has 0 saturated heterocycles. The molecule has 1 nitrogen and oxygen atoms in total. The van der Waals surface area contributed by atoms with E-state index in [1.54, 1.807) is 6.92 Å². The van der Waals surface area contributed by atoms with Gasteiger partial charge in [0.1, 0.15) is 0 Å². The van der Waals surface area contributed by atoms with Crippen molar-refractivity contribution in [1.82, 2.24) is 5.32 Å². The number of hydrogen-bond acceptors (Lipinski definition) is 1. The SMILES string of the molecule is CCCCCCCNC(C)CC(F)(F)F. The summed E-state index contributed by atoms with van der Waals surface area (Å²) in [5.41, 5.74) is 0. The van der Waals surface area contributed by atoms with Crippen LogP contribution in [0.5, 0.6) is 0 Å². The highest BCUT2D eigenvalue weighted by atomic mass is 19.4. The van der Waals surface area contributed by atoms with Gasteiger partial charge in [0.25, 0.3) is 0 Å². The molecule has 0 heterocycles. The first-order valence-corrected chi connectivity index (χ1v) is 5.76. The molecule has 0 bridgehead atoms. The first-order valence-electron chi connectivity index (χ1n) is 5.76. The average molecular weight is 225 g/mol. The summed E-state index contributed by atoms with van der Waals surface area (Å²) in [4.78, 5) is 0. The minimum Gasteiger partial charge on any atom is -0.314 e. The molecule has 4 heteroatoms. The van der Waals surface area contributed by atoms with Crippen molar-refractivity contribution in [3.8, 4) is 0 Å². The van der Waals surface area contributed by atoms with E-state index >= 15 is 0 Å². The van der Waals surface area contributed by atoms with Crippen LogP contribution in [0.2, 0.25) is 0 Å². The van der Waals surface area contributed by atoms with Crippen LogP contribution in [0.25, 0.3) is 0 Å². The molecule has 92 valence electrons. The van der Waals surface area contributed by atoms with Crippen LogP contribution in [0, 0.1) is 0 Å². The van der Waals surface area contributed by atoms with Crippen LogP contribution in [-0.2, 0) is 0 Å². The summed E-state index contributed by atoms with van der Waals surface area (Å²) in [6.07, 6.45) is 0.903. The van der Waals surface area contributed by atoms with Crippen LogP contribution in [0.4, 0.5) is 13.2 Å². The third-order valence-electron chi connectivity index (χ3n) is 2.31. The van der Waals surface area contributed by atoms with Crippen molar-refractivity contribution in [2.45, 2.75) is 64.6 Å². The Morgan fingerprint density at radius 3 is 2.20 bits per heavy atom. The zero-order valence-electron chi connectivity index (χ0n) is 9.66. The van der Waals surface area contributed by atoms with E-state index in [1.807, 2.05) is 0 Å². The van der Waals surface area contributed by atoms with E-state index in [1.165, 1.54) is 19.3 Å². The molecule has 0 aliphatic rings. The van der Waals surface area contributed by atoms with Crippen molar-refractivity contribution in [2.24, 2.45) is 0 Å². The van der Waals surface area contributed by atoms with E-state index < -0.39 is 18.6 Å². The van der Waals surface area contributed by atoms with Gasteiger partial charge in [-0.25, -0.2) is 0 Å². The number of nitrogens with one attached hydrogen (secondary N) is 1. The molecule has 0 spiro atoms. The predicted molar refractivity (Wildman–Crippen MR) is 56.9 cm³/mol. The highest BCUT2D eigenvalue weighted by molar-refractivity contribution is 4.65. The van der Waals surface area contributed by atoms with Gasteiger partial charge in [0, 0.05) is 6.04 Å². The third kappa shape index (κ3) is 11.7. The normalized spacial score (nSPS) is 14.2. The van der Waals surface area contributed by atoms with E-state index in [-0.39, 0.29) is 0 Å². The van der Waals surface area contributed by atoms with Crippen LogP contribution in [0.3, 0.4) is 0 Å². The van der Waals surface area contributed by atoms with Crippen molar-refractivity contribution in [1.29, 1.82) is 0 Å². The van der Waals surface area contributed by atoms with E-state index in [9.17, 15) is 13.2 Å². The number of hydrogen-bond donors (Lipinski definition) is 1. The summed E-state index contributed by atoms with van der Waals surface area (Å²) in [7, 11) is 0. The van der Waals surface area contributed by atoms with Crippen molar-refractivity contribution in [3.05, 3.63) is 0 Å². The van der Waals surface area contributed by atoms with Gasteiger partial charge in [0.15, 0.2) is 0 Å². The molecule has 1 unspecified atom stereocenters. The van der Waals surface area contributed by atoms with Gasteiger partial charge in [0.2, 0.25) is 0 Å². The zero-order valence-corrected chi connectivity index (χ0v) is 9.66. The first-order chi connectivity index (χ1) is 6.95. The lowest BCUT2D eigenvalue weighted by Crippen LogP contribution is -2.31. The second kappa shape index (κ2) is 7.97. The number of rotatable bonds is 8. The van der Waals surface area contributed by atoms with Gasteiger partial charge in [-0.3, -0.25) is 0 Å². The molecule has 0 amide bonds. The third-order valence-corrected chi connectivity index (χ3v) is 2.31. The second-order valence-corrected chi connectivity index (χ2v) is 4.09. The summed E-state index contributed by atoms with van der Waals surface area (Å²) in [5, 5.41) is 2.90. The van der Waals surface area contributed by atoms with E-state index in [4.69, 9.17) is 0 Å². The first kappa shape index (κ1) is 14.8. The molecule has 15 heavy (non-hydrogen) atoms. The van der Waals surface area contributed by atoms with Gasteiger partial charge in [-0.2, -0.15) is 13.2 Å². The molecule has 0 rings (SSSR count). The zero-order chi connectivity index (χ0) is 11.7. The molecule has 0 aliphatic heterocycles. The van der Waals surface area contributed by atoms with Crippen LogP contribution < -0.4 is 5.32 Å². The molecule has 0 radical (unpaired) electrons. The Balaban J connectivity index is 3.28. The predicted octanol–water partition coefficient (Wildman–Crippen LogP) is 3.89. The molecule has 0 aliphatic carbocycles. The molecular weight excluding hydrogens is 203 g/mol. The van der Waals surface area contributed by atoms with Gasteiger partial charge in [-0.15, -0.1) is 0 Å². The number of halogens is 3. The molecule has 0 aromatic carbocycles. The Morgan fingerprint density at radius 2 is 1.67 bits per heavy atom. The van der Waals surface area contributed by atoms with Crippen molar-refractivity contribution < 1.29 is 13.2 Å². The standard InChI is InChI=1S/C11H22F3N/c1-3-4-5-6-7-8-15-10(2)9-11(12,13)14/h10,15H,3-9H2,1-2H3. The Hall–Kier alpha value is -0.250. The Bertz CT molecular complexity index is 145. The minimum atomic E-state index is -4.05. The van der Waals surface area contributed by atoms with Crippen LogP contribution in [0.1, 0.15) is 52.4 Å². The summed E-state index contributed by atoms with van der Waals surface area (Å²) in [5.74, 6) is 0. The summed E-state index contributed by atoms with van der Waals surface area (Å²) in [6, 6.07) is -0.462. The number of alkyl halides is 3. The van der Waals surface area contributed by atoms with Gasteiger partial charge < -0.3 is 5.32 Å². The highest BCUT2D eigenvalue weighted by Gasteiger charge is 2.29. The Kier molecular flexibility index (Phi) is 7.83. The molecule has 1 N–H and O–H groups in total. The maximum absolute atomic E-state index is 11.9. The fourth-order valence-corrected chi connectivity index (χ4v) is 1.50. The van der Waals surface area contributed by atoms with Crippen LogP contribution >= 0.6 is 0 Å². The minimum absolute atomic E-state index is 0.462. The smallest absolute Gasteiger partial charge is 0.314 e. The Labute approximate surface area is 90.4 Å². The quantitative estimate of drug-likeness (QED) is 0.618. The van der Waals surface area contributed by atoms with Gasteiger partial charge in [-0.1, -0.05) is 32.6 Å². The highest BCUT2D eigenvalue weighted by Crippen LogP contribution is 2.21.